The van der Waals surface area contributed by atoms with Crippen LogP contribution in [0.15, 0.2) is 18.2 Å². The molecule has 1 amide bonds. The van der Waals surface area contributed by atoms with Gasteiger partial charge in [0.2, 0.25) is 5.91 Å². The van der Waals surface area contributed by atoms with E-state index in [2.05, 4.69) is 5.32 Å². The Bertz CT molecular complexity index is 363. The van der Waals surface area contributed by atoms with Gasteiger partial charge in [-0.2, -0.15) is 0 Å². The minimum absolute atomic E-state index is 0.110. The Morgan fingerprint density at radius 2 is 2.19 bits per heavy atom. The lowest BCUT2D eigenvalue weighted by atomic mass is 10.1. The van der Waals surface area contributed by atoms with Gasteiger partial charge in [-0.1, -0.05) is 30.7 Å². The molecule has 88 valence electrons. The van der Waals surface area contributed by atoms with Crippen molar-refractivity contribution < 1.29 is 4.79 Å². The summed E-state index contributed by atoms with van der Waals surface area (Å²) in [5, 5.41) is 3.63. The van der Waals surface area contributed by atoms with Crippen LogP contribution in [0.4, 0.5) is 0 Å². The fourth-order valence-electron chi connectivity index (χ4n) is 1.40. The van der Waals surface area contributed by atoms with Crippen molar-refractivity contribution in [1.29, 1.82) is 0 Å². The highest BCUT2D eigenvalue weighted by Crippen LogP contribution is 2.17. The average Bonchev–Trinajstić information content (AvgIpc) is 2.28. The first-order chi connectivity index (χ1) is 7.63. The number of nitrogens with one attached hydrogen (secondary N) is 1. The Labute approximate surface area is 102 Å². The monoisotopic (exact) mass is 239 g/mol. The van der Waals surface area contributed by atoms with E-state index in [-0.39, 0.29) is 5.91 Å². The molecule has 0 bridgehead atoms. The van der Waals surface area contributed by atoms with Gasteiger partial charge in [0.15, 0.2) is 0 Å². The van der Waals surface area contributed by atoms with Crippen molar-refractivity contribution >= 4 is 17.5 Å². The Kier molecular flexibility index (Phi) is 5.33. The molecule has 0 radical (unpaired) electrons. The van der Waals surface area contributed by atoms with Crippen LogP contribution in [-0.2, 0) is 11.2 Å². The molecule has 1 aromatic rings. The molecule has 0 heterocycles. The topological polar surface area (TPSA) is 29.1 Å². The molecule has 0 aliphatic heterocycles. The van der Waals surface area contributed by atoms with E-state index < -0.39 is 0 Å². The van der Waals surface area contributed by atoms with Crippen molar-refractivity contribution in [2.45, 2.75) is 33.1 Å². The zero-order valence-corrected chi connectivity index (χ0v) is 10.6. The number of carbonyl (C=O) groups is 1. The summed E-state index contributed by atoms with van der Waals surface area (Å²) in [7, 11) is 0. The fraction of sp³-hybridized carbons (Fsp3) is 0.462. The fourth-order valence-corrected chi connectivity index (χ4v) is 1.61. The van der Waals surface area contributed by atoms with Crippen LogP contribution in [0.1, 0.15) is 30.9 Å². The van der Waals surface area contributed by atoms with Gasteiger partial charge in [0.25, 0.3) is 0 Å². The molecule has 1 aromatic carbocycles. The van der Waals surface area contributed by atoms with E-state index in [1.54, 1.807) is 0 Å². The Morgan fingerprint density at radius 3 is 2.81 bits per heavy atom. The second-order valence-corrected chi connectivity index (χ2v) is 4.34. The van der Waals surface area contributed by atoms with Crippen molar-refractivity contribution in [3.05, 3.63) is 34.3 Å². The number of benzene rings is 1. The molecule has 16 heavy (non-hydrogen) atoms. The third kappa shape index (κ3) is 4.23. The molecule has 0 aliphatic rings. The second-order valence-electron chi connectivity index (χ2n) is 3.93. The minimum atomic E-state index is 0.110. The van der Waals surface area contributed by atoms with E-state index in [4.69, 9.17) is 11.6 Å². The predicted octanol–water partition coefficient (Wildman–Crippen LogP) is 3.11. The van der Waals surface area contributed by atoms with Crippen LogP contribution in [0, 0.1) is 6.92 Å². The number of halogens is 1. The van der Waals surface area contributed by atoms with Gasteiger partial charge in [-0.15, -0.1) is 0 Å². The summed E-state index contributed by atoms with van der Waals surface area (Å²) < 4.78 is 0. The van der Waals surface area contributed by atoms with Crippen molar-refractivity contribution in [3.8, 4) is 0 Å². The van der Waals surface area contributed by atoms with Gasteiger partial charge in [0, 0.05) is 18.0 Å². The highest BCUT2D eigenvalue weighted by atomic mass is 35.5. The van der Waals surface area contributed by atoms with E-state index in [1.165, 1.54) is 0 Å². The third-order valence-electron chi connectivity index (χ3n) is 2.45. The normalized spacial score (nSPS) is 10.2. The highest BCUT2D eigenvalue weighted by molar-refractivity contribution is 6.31. The average molecular weight is 240 g/mol. The van der Waals surface area contributed by atoms with Crippen LogP contribution in [0.5, 0.6) is 0 Å². The molecule has 0 aromatic heterocycles. The Balaban J connectivity index is 2.42. The Morgan fingerprint density at radius 1 is 1.44 bits per heavy atom. The molecule has 0 saturated carbocycles. The number of rotatable bonds is 5. The summed E-state index contributed by atoms with van der Waals surface area (Å²) in [6.45, 7) is 4.77. The maximum atomic E-state index is 11.4. The molecule has 1 rings (SSSR count). The molecule has 0 spiro atoms. The van der Waals surface area contributed by atoms with Gasteiger partial charge in [-0.25, -0.2) is 0 Å². The molecule has 0 aliphatic carbocycles. The quantitative estimate of drug-likeness (QED) is 0.841. The predicted molar refractivity (Wildman–Crippen MR) is 67.8 cm³/mol. The Hall–Kier alpha value is -1.02. The molecular weight excluding hydrogens is 222 g/mol. The maximum Gasteiger partial charge on any atom is 0.220 e. The molecule has 1 N–H and O–H groups in total. The zero-order valence-electron chi connectivity index (χ0n) is 9.85. The van der Waals surface area contributed by atoms with Gasteiger partial charge in [-0.3, -0.25) is 4.79 Å². The number of amides is 1. The van der Waals surface area contributed by atoms with Crippen molar-refractivity contribution in [2.24, 2.45) is 0 Å². The molecular formula is C13H18ClNO. The smallest absolute Gasteiger partial charge is 0.220 e. The van der Waals surface area contributed by atoms with Gasteiger partial charge >= 0.3 is 0 Å². The first-order valence-electron chi connectivity index (χ1n) is 5.65. The van der Waals surface area contributed by atoms with Crippen LogP contribution in [0.2, 0.25) is 5.02 Å². The van der Waals surface area contributed by atoms with Crippen LogP contribution in [0.3, 0.4) is 0 Å². The van der Waals surface area contributed by atoms with Crippen molar-refractivity contribution in [3.63, 3.8) is 0 Å². The largest absolute Gasteiger partial charge is 0.356 e. The van der Waals surface area contributed by atoms with E-state index >= 15 is 0 Å². The molecule has 0 atom stereocenters. The van der Waals surface area contributed by atoms with Gasteiger partial charge in [0.05, 0.1) is 0 Å². The molecule has 0 unspecified atom stereocenters. The van der Waals surface area contributed by atoms with E-state index in [1.807, 2.05) is 32.0 Å². The van der Waals surface area contributed by atoms with Crippen molar-refractivity contribution in [1.82, 2.24) is 5.32 Å². The zero-order chi connectivity index (χ0) is 12.0. The van der Waals surface area contributed by atoms with E-state index in [0.29, 0.717) is 6.42 Å². The van der Waals surface area contributed by atoms with E-state index in [0.717, 1.165) is 35.5 Å². The standard InChI is InChI=1S/C13H18ClNO/c1-3-8-15-13(16)7-6-11-5-4-10(2)12(14)9-11/h4-5,9H,3,6-8H2,1-2H3,(H,15,16). The second kappa shape index (κ2) is 6.54. The molecule has 0 fully saturated rings. The van der Waals surface area contributed by atoms with Crippen LogP contribution in [0.25, 0.3) is 0 Å². The lowest BCUT2D eigenvalue weighted by Gasteiger charge is -2.05. The SMILES string of the molecule is CCCNC(=O)CCc1ccc(C)c(Cl)c1. The summed E-state index contributed by atoms with van der Waals surface area (Å²) in [4.78, 5) is 11.4. The summed E-state index contributed by atoms with van der Waals surface area (Å²) in [5.74, 6) is 0.110. The van der Waals surface area contributed by atoms with Crippen LogP contribution in [-0.4, -0.2) is 12.5 Å². The lowest BCUT2D eigenvalue weighted by Crippen LogP contribution is -2.24. The maximum absolute atomic E-state index is 11.4. The van der Waals surface area contributed by atoms with Gasteiger partial charge in [0.1, 0.15) is 0 Å². The summed E-state index contributed by atoms with van der Waals surface area (Å²) in [6, 6.07) is 5.94. The minimum Gasteiger partial charge on any atom is -0.356 e. The number of carbonyl (C=O) groups excluding carboxylic acids is 1. The third-order valence-corrected chi connectivity index (χ3v) is 2.86. The van der Waals surface area contributed by atoms with Crippen LogP contribution >= 0.6 is 11.6 Å². The van der Waals surface area contributed by atoms with Gasteiger partial charge in [-0.05, 0) is 37.0 Å². The number of hydrogen-bond donors (Lipinski definition) is 1. The summed E-state index contributed by atoms with van der Waals surface area (Å²) >= 11 is 6.01. The van der Waals surface area contributed by atoms with Crippen molar-refractivity contribution in [2.75, 3.05) is 6.54 Å². The molecule has 2 nitrogen and oxygen atoms in total. The van der Waals surface area contributed by atoms with E-state index in [9.17, 15) is 4.79 Å². The summed E-state index contributed by atoms with van der Waals surface area (Å²) in [6.07, 6.45) is 2.25. The molecule has 0 saturated heterocycles. The summed E-state index contributed by atoms with van der Waals surface area (Å²) in [5.41, 5.74) is 2.18. The number of hydrogen-bond acceptors (Lipinski definition) is 1. The number of aryl methyl sites for hydroxylation is 2. The van der Waals surface area contributed by atoms with Gasteiger partial charge < -0.3 is 5.32 Å². The first-order valence-corrected chi connectivity index (χ1v) is 6.03. The lowest BCUT2D eigenvalue weighted by molar-refractivity contribution is -0.121. The molecule has 3 heteroatoms. The van der Waals surface area contributed by atoms with Crippen LogP contribution < -0.4 is 5.32 Å². The first kappa shape index (κ1) is 13.0. The highest BCUT2D eigenvalue weighted by Gasteiger charge is 2.02.